The van der Waals surface area contributed by atoms with Crippen molar-refractivity contribution < 1.29 is 14.3 Å². The van der Waals surface area contributed by atoms with Gasteiger partial charge in [0.1, 0.15) is 6.61 Å². The van der Waals surface area contributed by atoms with Crippen molar-refractivity contribution in [2.45, 2.75) is 19.1 Å². The van der Waals surface area contributed by atoms with Gasteiger partial charge in [-0.1, -0.05) is 12.1 Å². The molecule has 3 aromatic rings. The average molecular weight is 352 g/mol. The van der Waals surface area contributed by atoms with Gasteiger partial charge in [0.2, 0.25) is 6.10 Å². The molecular weight excluding hydrogens is 336 g/mol. The quantitative estimate of drug-likeness (QED) is 0.698. The molecule has 8 nitrogen and oxygen atoms in total. The van der Waals surface area contributed by atoms with Gasteiger partial charge in [0.25, 0.3) is 11.5 Å². The smallest absolute Gasteiger partial charge is 0.276 e. The Bertz CT molecular complexity index is 1070. The van der Waals surface area contributed by atoms with Gasteiger partial charge in [-0.3, -0.25) is 14.7 Å². The maximum atomic E-state index is 12.9. The van der Waals surface area contributed by atoms with Crippen LogP contribution in [-0.2, 0) is 17.8 Å². The van der Waals surface area contributed by atoms with Crippen LogP contribution in [-0.4, -0.2) is 44.7 Å². The third-order valence-corrected chi connectivity index (χ3v) is 4.79. The van der Waals surface area contributed by atoms with Crippen molar-refractivity contribution in [2.24, 2.45) is 0 Å². The van der Waals surface area contributed by atoms with E-state index in [-0.39, 0.29) is 18.1 Å². The lowest BCUT2D eigenvalue weighted by atomic mass is 10.1. The molecule has 0 fully saturated rings. The molecule has 0 radical (unpaired) electrons. The first kappa shape index (κ1) is 15.0. The Labute approximate surface area is 148 Å². The maximum absolute atomic E-state index is 12.9. The van der Waals surface area contributed by atoms with Gasteiger partial charge in [0.05, 0.1) is 12.2 Å². The number of carbonyl (C=O) groups excluding carboxylic acids is 1. The standard InChI is InChI=1S/C18H16N4O4/c23-17-11-6-8-21(9-12(11)20-16-5-7-19-22(16)17)18(24)15-10-25-13-3-1-2-4-14(13)26-15/h1-5,7,15,19H,6,8-10H2. The van der Waals surface area contributed by atoms with E-state index in [0.717, 1.165) is 0 Å². The normalized spacial score (nSPS) is 18.6. The van der Waals surface area contributed by atoms with Crippen molar-refractivity contribution >= 4 is 11.6 Å². The van der Waals surface area contributed by atoms with Crippen molar-refractivity contribution in [3.05, 3.63) is 58.1 Å². The summed E-state index contributed by atoms with van der Waals surface area (Å²) in [6.45, 7) is 0.926. The predicted octanol–water partition coefficient (Wildman–Crippen LogP) is 0.747. The van der Waals surface area contributed by atoms with Crippen LogP contribution in [0.5, 0.6) is 11.5 Å². The zero-order chi connectivity index (χ0) is 17.7. The highest BCUT2D eigenvalue weighted by Gasteiger charge is 2.33. The summed E-state index contributed by atoms with van der Waals surface area (Å²) < 4.78 is 12.9. The number of rotatable bonds is 1. The molecular formula is C18H16N4O4. The van der Waals surface area contributed by atoms with Crippen LogP contribution < -0.4 is 15.0 Å². The zero-order valence-corrected chi connectivity index (χ0v) is 13.8. The second-order valence-electron chi connectivity index (χ2n) is 6.37. The van der Waals surface area contributed by atoms with E-state index < -0.39 is 6.10 Å². The Hall–Kier alpha value is -3.29. The van der Waals surface area contributed by atoms with Crippen molar-refractivity contribution in [3.63, 3.8) is 0 Å². The number of nitrogens with zero attached hydrogens (tertiary/aromatic N) is 3. The van der Waals surface area contributed by atoms with Crippen molar-refractivity contribution in [1.29, 1.82) is 0 Å². The van der Waals surface area contributed by atoms with E-state index in [0.29, 0.717) is 47.9 Å². The van der Waals surface area contributed by atoms with Crippen LogP contribution in [0.25, 0.3) is 5.65 Å². The first-order chi connectivity index (χ1) is 12.7. The number of amides is 1. The molecule has 26 heavy (non-hydrogen) atoms. The summed E-state index contributed by atoms with van der Waals surface area (Å²) in [5.41, 5.74) is 1.74. The van der Waals surface area contributed by atoms with Crippen LogP contribution in [0, 0.1) is 0 Å². The number of para-hydroxylation sites is 2. The van der Waals surface area contributed by atoms with E-state index in [1.54, 1.807) is 23.2 Å². The molecule has 0 saturated heterocycles. The Morgan fingerprint density at radius 1 is 1.23 bits per heavy atom. The van der Waals surface area contributed by atoms with Gasteiger partial charge in [-0.25, -0.2) is 9.50 Å². The minimum Gasteiger partial charge on any atom is -0.485 e. The SMILES string of the molecule is O=C(C1COc2ccccc2O1)N1CCc2c(nc3cc[nH]n3c2=O)C1. The van der Waals surface area contributed by atoms with Crippen molar-refractivity contribution in [2.75, 3.05) is 13.2 Å². The van der Waals surface area contributed by atoms with E-state index in [4.69, 9.17) is 9.47 Å². The average Bonchev–Trinajstić information content (AvgIpc) is 3.15. The molecule has 1 aromatic carbocycles. The number of fused-ring (bicyclic) bond motifs is 3. The second-order valence-corrected chi connectivity index (χ2v) is 6.37. The summed E-state index contributed by atoms with van der Waals surface area (Å²) in [4.78, 5) is 31.6. The molecule has 5 rings (SSSR count). The number of ether oxygens (including phenoxy) is 2. The summed E-state index contributed by atoms with van der Waals surface area (Å²) in [5.74, 6) is 1.06. The Kier molecular flexibility index (Phi) is 3.24. The Morgan fingerprint density at radius 3 is 2.96 bits per heavy atom. The van der Waals surface area contributed by atoms with Crippen LogP contribution in [0.15, 0.2) is 41.3 Å². The summed E-state index contributed by atoms with van der Waals surface area (Å²) in [7, 11) is 0. The molecule has 2 aromatic heterocycles. The van der Waals surface area contributed by atoms with Gasteiger partial charge in [0.15, 0.2) is 17.1 Å². The van der Waals surface area contributed by atoms with Crippen LogP contribution in [0.2, 0.25) is 0 Å². The molecule has 8 heteroatoms. The highest BCUT2D eigenvalue weighted by Crippen LogP contribution is 2.31. The Morgan fingerprint density at radius 2 is 2.08 bits per heavy atom. The van der Waals surface area contributed by atoms with Gasteiger partial charge in [-0.15, -0.1) is 0 Å². The molecule has 0 spiro atoms. The largest absolute Gasteiger partial charge is 0.485 e. The van der Waals surface area contributed by atoms with Crippen LogP contribution in [0.4, 0.5) is 0 Å². The lowest BCUT2D eigenvalue weighted by molar-refractivity contribution is -0.142. The fourth-order valence-electron chi connectivity index (χ4n) is 3.46. The number of aromatic nitrogens is 3. The fraction of sp³-hybridized carbons (Fsp3) is 0.278. The number of H-pyrrole nitrogens is 1. The number of hydrogen-bond donors (Lipinski definition) is 1. The molecule has 1 N–H and O–H groups in total. The van der Waals surface area contributed by atoms with Crippen LogP contribution in [0.1, 0.15) is 11.3 Å². The van der Waals surface area contributed by atoms with Gasteiger partial charge < -0.3 is 14.4 Å². The van der Waals surface area contributed by atoms with Crippen LogP contribution >= 0.6 is 0 Å². The molecule has 1 unspecified atom stereocenters. The number of hydrogen-bond acceptors (Lipinski definition) is 5. The Balaban J connectivity index is 1.40. The molecule has 132 valence electrons. The summed E-state index contributed by atoms with van der Waals surface area (Å²) in [6, 6.07) is 9.03. The van der Waals surface area contributed by atoms with E-state index in [1.165, 1.54) is 4.52 Å². The van der Waals surface area contributed by atoms with Crippen molar-refractivity contribution in [1.82, 2.24) is 19.5 Å². The first-order valence-corrected chi connectivity index (χ1v) is 8.46. The molecule has 2 aliphatic rings. The molecule has 1 atom stereocenters. The van der Waals surface area contributed by atoms with E-state index >= 15 is 0 Å². The molecule has 0 aliphatic carbocycles. The number of carbonyl (C=O) groups is 1. The first-order valence-electron chi connectivity index (χ1n) is 8.46. The summed E-state index contributed by atoms with van der Waals surface area (Å²) in [5, 5.41) is 2.86. The topological polar surface area (TPSA) is 88.9 Å². The number of nitrogens with one attached hydrogen (secondary N) is 1. The third-order valence-electron chi connectivity index (χ3n) is 4.79. The van der Waals surface area contributed by atoms with Gasteiger partial charge in [-0.2, -0.15) is 0 Å². The molecule has 0 bridgehead atoms. The zero-order valence-electron chi connectivity index (χ0n) is 13.8. The lowest BCUT2D eigenvalue weighted by Gasteiger charge is -2.32. The number of benzene rings is 1. The van der Waals surface area contributed by atoms with Gasteiger partial charge in [0, 0.05) is 24.4 Å². The lowest BCUT2D eigenvalue weighted by Crippen LogP contribution is -2.49. The minimum atomic E-state index is -0.691. The van der Waals surface area contributed by atoms with Crippen LogP contribution in [0.3, 0.4) is 0 Å². The number of aromatic amines is 1. The highest BCUT2D eigenvalue weighted by atomic mass is 16.6. The summed E-state index contributed by atoms with van der Waals surface area (Å²) in [6.07, 6.45) is 1.45. The van der Waals surface area contributed by atoms with E-state index in [9.17, 15) is 9.59 Å². The highest BCUT2D eigenvalue weighted by molar-refractivity contribution is 5.82. The van der Waals surface area contributed by atoms with Crippen molar-refractivity contribution in [3.8, 4) is 11.5 Å². The molecule has 0 saturated carbocycles. The van der Waals surface area contributed by atoms with Gasteiger partial charge >= 0.3 is 0 Å². The van der Waals surface area contributed by atoms with Gasteiger partial charge in [-0.05, 0) is 18.6 Å². The predicted molar refractivity (Wildman–Crippen MR) is 91.3 cm³/mol. The fourth-order valence-corrected chi connectivity index (χ4v) is 3.46. The maximum Gasteiger partial charge on any atom is 0.276 e. The monoisotopic (exact) mass is 352 g/mol. The van der Waals surface area contributed by atoms with E-state index in [2.05, 4.69) is 10.1 Å². The second kappa shape index (κ2) is 5.62. The molecule has 4 heterocycles. The minimum absolute atomic E-state index is 0.103. The molecule has 2 aliphatic heterocycles. The molecule has 1 amide bonds. The van der Waals surface area contributed by atoms with E-state index in [1.807, 2.05) is 18.2 Å². The third kappa shape index (κ3) is 2.26. The summed E-state index contributed by atoms with van der Waals surface area (Å²) >= 11 is 0.